The molecule has 0 bridgehead atoms. The Morgan fingerprint density at radius 2 is 2.05 bits per heavy atom. The van der Waals surface area contributed by atoms with E-state index in [4.69, 9.17) is 0 Å². The van der Waals surface area contributed by atoms with E-state index in [-0.39, 0.29) is 0 Å². The summed E-state index contributed by atoms with van der Waals surface area (Å²) in [5.41, 5.74) is 5.03. The summed E-state index contributed by atoms with van der Waals surface area (Å²) >= 11 is 1.78. The molecule has 3 heteroatoms. The van der Waals surface area contributed by atoms with Gasteiger partial charge in [-0.25, -0.2) is 0 Å². The van der Waals surface area contributed by atoms with Crippen LogP contribution in [0.2, 0.25) is 0 Å². The third kappa shape index (κ3) is 3.10. The van der Waals surface area contributed by atoms with E-state index in [0.717, 1.165) is 18.9 Å². The van der Waals surface area contributed by atoms with Crippen molar-refractivity contribution in [2.75, 3.05) is 6.54 Å². The Bertz CT molecular complexity index is 511. The van der Waals surface area contributed by atoms with Crippen LogP contribution in [-0.2, 0) is 19.3 Å². The predicted octanol–water partition coefficient (Wildman–Crippen LogP) is 3.47. The second kappa shape index (κ2) is 6.51. The maximum Gasteiger partial charge on any atom is 0.0794 e. The van der Waals surface area contributed by atoms with Crippen LogP contribution < -0.4 is 5.32 Å². The zero-order valence-electron chi connectivity index (χ0n) is 12.0. The lowest BCUT2D eigenvalue weighted by Gasteiger charge is -2.24. The lowest BCUT2D eigenvalue weighted by molar-refractivity contribution is 0.363. The van der Waals surface area contributed by atoms with Gasteiger partial charge in [-0.1, -0.05) is 31.2 Å². The molecule has 1 atom stereocenters. The highest BCUT2D eigenvalue weighted by atomic mass is 32.1. The molecule has 0 saturated heterocycles. The van der Waals surface area contributed by atoms with Gasteiger partial charge in [0.1, 0.15) is 0 Å². The summed E-state index contributed by atoms with van der Waals surface area (Å²) in [7, 11) is 0. The van der Waals surface area contributed by atoms with Crippen LogP contribution in [0.1, 0.15) is 29.3 Å². The molecule has 2 aromatic rings. The molecule has 20 heavy (non-hydrogen) atoms. The largest absolute Gasteiger partial charge is 0.313 e. The van der Waals surface area contributed by atoms with Crippen molar-refractivity contribution in [1.82, 2.24) is 10.3 Å². The first-order valence-corrected chi connectivity index (χ1v) is 8.42. The number of thiazole rings is 1. The minimum atomic E-state index is 0.572. The van der Waals surface area contributed by atoms with E-state index in [1.807, 2.05) is 11.7 Å². The zero-order valence-corrected chi connectivity index (χ0v) is 12.8. The van der Waals surface area contributed by atoms with Crippen LogP contribution >= 0.6 is 11.3 Å². The highest BCUT2D eigenvalue weighted by Crippen LogP contribution is 2.30. The number of benzene rings is 1. The lowest BCUT2D eigenvalue weighted by atomic mass is 9.93. The molecular formula is C17H22N2S. The van der Waals surface area contributed by atoms with Gasteiger partial charge in [0.05, 0.1) is 5.51 Å². The van der Waals surface area contributed by atoms with Gasteiger partial charge in [-0.05, 0) is 49.3 Å². The molecule has 106 valence electrons. The topological polar surface area (TPSA) is 24.9 Å². The fourth-order valence-corrected chi connectivity index (χ4v) is 3.83. The smallest absolute Gasteiger partial charge is 0.0794 e. The number of nitrogens with zero attached hydrogens (tertiary/aromatic N) is 1. The van der Waals surface area contributed by atoms with Crippen LogP contribution in [0.5, 0.6) is 0 Å². The third-order valence-electron chi connectivity index (χ3n) is 4.21. The van der Waals surface area contributed by atoms with E-state index < -0.39 is 0 Å². The van der Waals surface area contributed by atoms with Crippen LogP contribution in [0, 0.1) is 5.92 Å². The molecule has 1 aliphatic rings. The Morgan fingerprint density at radius 3 is 2.65 bits per heavy atom. The van der Waals surface area contributed by atoms with Crippen molar-refractivity contribution in [1.29, 1.82) is 0 Å². The number of fused-ring (bicyclic) bond motifs is 1. The van der Waals surface area contributed by atoms with E-state index in [0.29, 0.717) is 6.04 Å². The highest BCUT2D eigenvalue weighted by Gasteiger charge is 2.28. The van der Waals surface area contributed by atoms with Crippen molar-refractivity contribution in [2.24, 2.45) is 5.92 Å². The molecule has 1 aliphatic carbocycles. The van der Waals surface area contributed by atoms with Gasteiger partial charge in [-0.3, -0.25) is 4.98 Å². The molecule has 1 heterocycles. The number of aromatic nitrogens is 1. The summed E-state index contributed by atoms with van der Waals surface area (Å²) in [5.74, 6) is 0.723. The predicted molar refractivity (Wildman–Crippen MR) is 85.2 cm³/mol. The van der Waals surface area contributed by atoms with Gasteiger partial charge in [0.2, 0.25) is 0 Å². The molecule has 0 aliphatic heterocycles. The molecule has 1 aromatic heterocycles. The Hall–Kier alpha value is -1.19. The summed E-state index contributed by atoms with van der Waals surface area (Å²) in [6, 6.07) is 9.48. The van der Waals surface area contributed by atoms with Gasteiger partial charge < -0.3 is 5.32 Å². The van der Waals surface area contributed by atoms with Crippen molar-refractivity contribution < 1.29 is 0 Å². The van der Waals surface area contributed by atoms with E-state index in [1.165, 1.54) is 24.1 Å². The first-order chi connectivity index (χ1) is 9.86. The van der Waals surface area contributed by atoms with Crippen LogP contribution in [0.25, 0.3) is 0 Å². The Morgan fingerprint density at radius 1 is 1.30 bits per heavy atom. The van der Waals surface area contributed by atoms with Gasteiger partial charge in [-0.15, -0.1) is 11.3 Å². The van der Waals surface area contributed by atoms with E-state index >= 15 is 0 Å². The van der Waals surface area contributed by atoms with Gasteiger partial charge in [0, 0.05) is 17.1 Å². The minimum Gasteiger partial charge on any atom is -0.313 e. The molecule has 0 spiro atoms. The van der Waals surface area contributed by atoms with Crippen LogP contribution in [0.3, 0.4) is 0 Å². The molecule has 0 radical (unpaired) electrons. The molecule has 0 amide bonds. The third-order valence-corrected chi connectivity index (χ3v) is 5.01. The van der Waals surface area contributed by atoms with E-state index in [1.54, 1.807) is 22.5 Å². The van der Waals surface area contributed by atoms with Gasteiger partial charge >= 0.3 is 0 Å². The number of nitrogens with one attached hydrogen (secondary N) is 1. The molecule has 0 saturated carbocycles. The SMILES string of the molecule is CCCNC(Cc1cncs1)C1Cc2ccccc2C1. The van der Waals surface area contributed by atoms with Crippen molar-refractivity contribution in [2.45, 2.75) is 38.6 Å². The van der Waals surface area contributed by atoms with E-state index in [2.05, 4.69) is 41.5 Å². The zero-order chi connectivity index (χ0) is 13.8. The molecule has 0 fully saturated rings. The average Bonchev–Trinajstić information content (AvgIpc) is 3.12. The first-order valence-electron chi connectivity index (χ1n) is 7.54. The maximum atomic E-state index is 4.21. The van der Waals surface area contributed by atoms with Gasteiger partial charge in [0.25, 0.3) is 0 Å². The van der Waals surface area contributed by atoms with Gasteiger partial charge in [0.15, 0.2) is 0 Å². The molecular weight excluding hydrogens is 264 g/mol. The van der Waals surface area contributed by atoms with Crippen molar-refractivity contribution >= 4 is 11.3 Å². The monoisotopic (exact) mass is 286 g/mol. The van der Waals surface area contributed by atoms with Crippen molar-refractivity contribution in [3.05, 3.63) is 52.0 Å². The highest BCUT2D eigenvalue weighted by molar-refractivity contribution is 7.09. The van der Waals surface area contributed by atoms with Crippen LogP contribution in [-0.4, -0.2) is 17.6 Å². The average molecular weight is 286 g/mol. The Balaban J connectivity index is 1.70. The molecule has 1 aromatic carbocycles. The van der Waals surface area contributed by atoms with Crippen molar-refractivity contribution in [3.63, 3.8) is 0 Å². The Labute approximate surface area is 125 Å². The molecule has 1 unspecified atom stereocenters. The fraction of sp³-hybridized carbons (Fsp3) is 0.471. The second-order valence-corrected chi connectivity index (χ2v) is 6.64. The fourth-order valence-electron chi connectivity index (χ4n) is 3.17. The number of hydrogen-bond donors (Lipinski definition) is 1. The lowest BCUT2D eigenvalue weighted by Crippen LogP contribution is -2.38. The summed E-state index contributed by atoms with van der Waals surface area (Å²) in [6.45, 7) is 3.34. The molecule has 1 N–H and O–H groups in total. The van der Waals surface area contributed by atoms with Crippen LogP contribution in [0.4, 0.5) is 0 Å². The van der Waals surface area contributed by atoms with Gasteiger partial charge in [-0.2, -0.15) is 0 Å². The molecule has 3 rings (SSSR count). The quantitative estimate of drug-likeness (QED) is 0.879. The Kier molecular flexibility index (Phi) is 4.48. The first kappa shape index (κ1) is 13.8. The summed E-state index contributed by atoms with van der Waals surface area (Å²) < 4.78 is 0. The summed E-state index contributed by atoms with van der Waals surface area (Å²) in [5, 5.41) is 3.76. The van der Waals surface area contributed by atoms with E-state index in [9.17, 15) is 0 Å². The minimum absolute atomic E-state index is 0.572. The number of rotatable bonds is 6. The summed E-state index contributed by atoms with van der Waals surface area (Å²) in [4.78, 5) is 5.61. The summed E-state index contributed by atoms with van der Waals surface area (Å²) in [6.07, 6.45) is 6.77. The number of hydrogen-bond acceptors (Lipinski definition) is 3. The normalized spacial score (nSPS) is 16.2. The standard InChI is InChI=1S/C17H22N2S/c1-2-7-19-17(10-16-11-18-12-20-16)15-8-13-5-3-4-6-14(13)9-15/h3-6,11-12,15,17,19H,2,7-10H2,1H3. The molecule has 2 nitrogen and oxygen atoms in total. The van der Waals surface area contributed by atoms with Crippen LogP contribution in [0.15, 0.2) is 36.0 Å². The maximum absolute atomic E-state index is 4.21. The second-order valence-electron chi connectivity index (χ2n) is 5.67. The van der Waals surface area contributed by atoms with Crippen molar-refractivity contribution in [3.8, 4) is 0 Å².